The lowest BCUT2D eigenvalue weighted by atomic mass is 10.2. The molecule has 2 aromatic rings. The zero-order chi connectivity index (χ0) is 11.2. The van der Waals surface area contributed by atoms with Crippen molar-refractivity contribution >= 4 is 10.9 Å². The Morgan fingerprint density at radius 3 is 2.62 bits per heavy atom. The van der Waals surface area contributed by atoms with Gasteiger partial charge in [0.2, 0.25) is 0 Å². The fourth-order valence-electron chi connectivity index (χ4n) is 1.51. The Bertz CT molecular complexity index is 496. The summed E-state index contributed by atoms with van der Waals surface area (Å²) < 4.78 is 4.94. The lowest BCUT2D eigenvalue weighted by Crippen LogP contribution is -2.07. The molecule has 0 radical (unpaired) electrons. The van der Waals surface area contributed by atoms with E-state index >= 15 is 0 Å². The van der Waals surface area contributed by atoms with Crippen molar-refractivity contribution in [1.29, 1.82) is 0 Å². The Labute approximate surface area is 93.3 Å². The molecule has 3 rings (SSSR count). The van der Waals surface area contributed by atoms with Gasteiger partial charge in [-0.1, -0.05) is 18.2 Å². The van der Waals surface area contributed by atoms with Crippen LogP contribution in [0.2, 0.25) is 0 Å². The third-order valence-corrected chi connectivity index (χ3v) is 2.35. The number of H-pyrrole nitrogens is 1. The molecule has 0 unspecified atom stereocenters. The Kier molecular flexibility index (Phi) is 3.66. The van der Waals surface area contributed by atoms with Crippen LogP contribution in [-0.4, -0.2) is 23.2 Å². The Balaban J connectivity index is 0.000000162. The maximum absolute atomic E-state index is 10.7. The fourth-order valence-corrected chi connectivity index (χ4v) is 1.51. The number of aromatic amines is 1. The minimum atomic E-state index is -0.302. The van der Waals surface area contributed by atoms with Crippen LogP contribution in [0.5, 0.6) is 0 Å². The smallest absolute Gasteiger partial charge is 0.345 e. The van der Waals surface area contributed by atoms with Crippen LogP contribution in [0.3, 0.4) is 0 Å². The van der Waals surface area contributed by atoms with Gasteiger partial charge < -0.3 is 9.72 Å². The van der Waals surface area contributed by atoms with Gasteiger partial charge in [-0.15, -0.1) is 0 Å². The summed E-state index contributed by atoms with van der Waals surface area (Å²) in [4.78, 5) is 16.9. The number of hydrogen-bond acceptors (Lipinski definition) is 3. The first-order valence-corrected chi connectivity index (χ1v) is 5.38. The number of fused-ring (bicyclic) bond motifs is 1. The lowest BCUT2D eigenvalue weighted by Gasteiger charge is -1.92. The van der Waals surface area contributed by atoms with Crippen molar-refractivity contribution in [2.75, 3.05) is 13.2 Å². The van der Waals surface area contributed by atoms with E-state index in [4.69, 9.17) is 4.74 Å². The van der Waals surface area contributed by atoms with Crippen molar-refractivity contribution in [2.24, 2.45) is 0 Å². The Morgan fingerprint density at radius 1 is 1.19 bits per heavy atom. The monoisotopic (exact) mass is 218 g/mol. The second-order valence-electron chi connectivity index (χ2n) is 3.60. The van der Waals surface area contributed by atoms with Gasteiger partial charge in [-0.3, -0.25) is 0 Å². The number of benzene rings is 1. The van der Waals surface area contributed by atoms with Crippen LogP contribution in [-0.2, 0) is 4.74 Å². The van der Waals surface area contributed by atoms with Gasteiger partial charge in [0.05, 0.1) is 5.52 Å². The first kappa shape index (κ1) is 10.8. The summed E-state index contributed by atoms with van der Waals surface area (Å²) in [5.74, 6) is 0. The van der Waals surface area contributed by atoms with E-state index < -0.39 is 0 Å². The summed E-state index contributed by atoms with van der Waals surface area (Å²) in [5.41, 5.74) is 0.524. The van der Waals surface area contributed by atoms with Crippen LogP contribution in [0.25, 0.3) is 10.9 Å². The molecule has 1 aromatic heterocycles. The molecule has 1 fully saturated rings. The van der Waals surface area contributed by atoms with Crippen LogP contribution in [0.15, 0.2) is 35.3 Å². The molecule has 1 N–H and O–H groups in total. The summed E-state index contributed by atoms with van der Waals surface area (Å²) in [6.45, 7) is 2.00. The first-order valence-electron chi connectivity index (χ1n) is 5.38. The van der Waals surface area contributed by atoms with Crippen LogP contribution >= 0.6 is 0 Å². The van der Waals surface area contributed by atoms with Gasteiger partial charge in [-0.2, -0.15) is 0 Å². The molecule has 1 aliphatic rings. The Hall–Kier alpha value is -1.68. The Morgan fingerprint density at radius 2 is 1.94 bits per heavy atom. The lowest BCUT2D eigenvalue weighted by molar-refractivity contribution is 0.198. The van der Waals surface area contributed by atoms with E-state index in [2.05, 4.69) is 9.97 Å². The molecule has 4 heteroatoms. The zero-order valence-corrected chi connectivity index (χ0v) is 8.98. The highest BCUT2D eigenvalue weighted by molar-refractivity contribution is 5.76. The number of rotatable bonds is 0. The summed E-state index contributed by atoms with van der Waals surface area (Å²) in [5, 5.41) is 0.951. The van der Waals surface area contributed by atoms with Crippen LogP contribution in [0, 0.1) is 0 Å². The quantitative estimate of drug-likeness (QED) is 0.732. The second-order valence-corrected chi connectivity index (χ2v) is 3.60. The van der Waals surface area contributed by atoms with Gasteiger partial charge in [0.25, 0.3) is 0 Å². The third kappa shape index (κ3) is 2.90. The van der Waals surface area contributed by atoms with Gasteiger partial charge in [-0.25, -0.2) is 9.78 Å². The number of nitrogens with zero attached hydrogens (tertiary/aromatic N) is 1. The average Bonchev–Trinajstić information content (AvgIpc) is 2.87. The van der Waals surface area contributed by atoms with Crippen molar-refractivity contribution in [3.8, 4) is 0 Å². The van der Waals surface area contributed by atoms with E-state index in [0.29, 0.717) is 0 Å². The summed E-state index contributed by atoms with van der Waals surface area (Å²) in [6, 6.07) is 7.53. The van der Waals surface area contributed by atoms with E-state index in [1.54, 1.807) is 6.20 Å². The minimum Gasteiger partial charge on any atom is -0.381 e. The van der Waals surface area contributed by atoms with E-state index in [-0.39, 0.29) is 5.69 Å². The summed E-state index contributed by atoms with van der Waals surface area (Å²) in [6.07, 6.45) is 4.12. The molecule has 0 amide bonds. The van der Waals surface area contributed by atoms with E-state index in [9.17, 15) is 4.79 Å². The van der Waals surface area contributed by atoms with Gasteiger partial charge >= 0.3 is 5.69 Å². The highest BCUT2D eigenvalue weighted by atomic mass is 16.5. The molecular weight excluding hydrogens is 204 g/mol. The minimum absolute atomic E-state index is 0.302. The van der Waals surface area contributed by atoms with Crippen LogP contribution in [0.1, 0.15) is 12.8 Å². The molecular formula is C12H14N2O2. The molecule has 84 valence electrons. The number of hydrogen-bond donors (Lipinski definition) is 1. The van der Waals surface area contributed by atoms with Crippen molar-refractivity contribution in [3.05, 3.63) is 40.9 Å². The van der Waals surface area contributed by atoms with Crippen molar-refractivity contribution in [1.82, 2.24) is 9.97 Å². The molecule has 1 aromatic carbocycles. The van der Waals surface area contributed by atoms with Crippen molar-refractivity contribution < 1.29 is 4.74 Å². The summed E-state index contributed by atoms with van der Waals surface area (Å²) in [7, 11) is 0. The third-order valence-electron chi connectivity index (χ3n) is 2.35. The molecule has 4 nitrogen and oxygen atoms in total. The maximum atomic E-state index is 10.7. The zero-order valence-electron chi connectivity index (χ0n) is 8.98. The molecule has 0 spiro atoms. The molecule has 0 atom stereocenters. The number of aromatic nitrogens is 2. The molecule has 1 saturated heterocycles. The van der Waals surface area contributed by atoms with E-state index in [1.165, 1.54) is 12.8 Å². The average molecular weight is 218 g/mol. The molecule has 1 aliphatic heterocycles. The maximum Gasteiger partial charge on any atom is 0.345 e. The highest BCUT2D eigenvalue weighted by Crippen LogP contribution is 2.05. The van der Waals surface area contributed by atoms with E-state index in [1.807, 2.05) is 24.3 Å². The van der Waals surface area contributed by atoms with Gasteiger partial charge in [-0.05, 0) is 18.9 Å². The molecule has 0 aliphatic carbocycles. The van der Waals surface area contributed by atoms with Crippen LogP contribution in [0.4, 0.5) is 0 Å². The number of para-hydroxylation sites is 1. The van der Waals surface area contributed by atoms with E-state index in [0.717, 1.165) is 24.1 Å². The second kappa shape index (κ2) is 5.42. The van der Waals surface area contributed by atoms with Crippen molar-refractivity contribution in [2.45, 2.75) is 12.8 Å². The predicted octanol–water partition coefficient (Wildman–Crippen LogP) is 1.72. The standard InChI is InChI=1S/C8H6N2O.C4H8O/c11-8-9-5-6-3-1-2-4-7(6)10-8;1-2-4-5-3-1/h1-5H,(H,9,10,11);1-4H2. The first-order chi connectivity index (χ1) is 7.86. The SMILES string of the molecule is C1CCOC1.O=c1ncc2ccccc2[nH]1. The highest BCUT2D eigenvalue weighted by Gasteiger charge is 1.94. The topological polar surface area (TPSA) is 55.0 Å². The number of ether oxygens (including phenoxy) is 1. The molecule has 16 heavy (non-hydrogen) atoms. The molecule has 0 bridgehead atoms. The van der Waals surface area contributed by atoms with Gasteiger partial charge in [0.1, 0.15) is 0 Å². The molecule has 0 saturated carbocycles. The fraction of sp³-hybridized carbons (Fsp3) is 0.333. The predicted molar refractivity (Wildman–Crippen MR) is 62.4 cm³/mol. The normalized spacial score (nSPS) is 14.5. The number of nitrogens with one attached hydrogen (secondary N) is 1. The van der Waals surface area contributed by atoms with Crippen LogP contribution < -0.4 is 5.69 Å². The van der Waals surface area contributed by atoms with Crippen molar-refractivity contribution in [3.63, 3.8) is 0 Å². The largest absolute Gasteiger partial charge is 0.381 e. The summed E-state index contributed by atoms with van der Waals surface area (Å²) >= 11 is 0. The van der Waals surface area contributed by atoms with Gasteiger partial charge in [0, 0.05) is 24.8 Å². The molecule has 2 heterocycles. The van der Waals surface area contributed by atoms with Gasteiger partial charge in [0.15, 0.2) is 0 Å².